The van der Waals surface area contributed by atoms with Gasteiger partial charge < -0.3 is 16.1 Å². The Morgan fingerprint density at radius 2 is 2.06 bits per heavy atom. The highest BCUT2D eigenvalue weighted by Gasteiger charge is 2.10. The van der Waals surface area contributed by atoms with Crippen LogP contribution < -0.4 is 21.9 Å². The largest absolute Gasteiger partial charge is 0.361 e. The van der Waals surface area contributed by atoms with Crippen molar-refractivity contribution < 1.29 is 4.79 Å². The van der Waals surface area contributed by atoms with Crippen molar-refractivity contribution >= 4 is 17.5 Å². The van der Waals surface area contributed by atoms with Crippen LogP contribution in [-0.2, 0) is 11.2 Å². The number of nitrogens with one attached hydrogen (secondary N) is 3. The molecule has 1 rings (SSSR count). The molecule has 7 heteroatoms. The van der Waals surface area contributed by atoms with Crippen molar-refractivity contribution in [2.45, 2.75) is 33.2 Å². The van der Waals surface area contributed by atoms with Gasteiger partial charge in [-0.1, -0.05) is 6.92 Å². The molecule has 0 fully saturated rings. The average Bonchev–Trinajstić information content (AvgIpc) is 2.34. The number of rotatable bonds is 6. The van der Waals surface area contributed by atoms with Crippen LogP contribution in [0.25, 0.3) is 0 Å². The maximum atomic E-state index is 11.5. The number of nitrogens with zero attached hydrogens (tertiary/aromatic N) is 2. The van der Waals surface area contributed by atoms with Gasteiger partial charge in [0.15, 0.2) is 0 Å². The lowest BCUT2D eigenvalue weighted by molar-refractivity contribution is -0.119. The zero-order chi connectivity index (χ0) is 13.5. The minimum atomic E-state index is -0.0760. The van der Waals surface area contributed by atoms with Gasteiger partial charge >= 0.3 is 0 Å². The van der Waals surface area contributed by atoms with E-state index in [0.29, 0.717) is 18.1 Å². The molecule has 0 unspecified atom stereocenters. The van der Waals surface area contributed by atoms with Crippen LogP contribution in [0.2, 0.25) is 0 Å². The number of hydrazine groups is 1. The second-order valence-electron chi connectivity index (χ2n) is 4.12. The SMILES string of the molecule is CCc1c(NN)ncnc1NCC(=O)NC(C)C. The first-order valence-electron chi connectivity index (χ1n) is 5.92. The normalized spacial score (nSPS) is 10.3. The van der Waals surface area contributed by atoms with Crippen molar-refractivity contribution in [3.05, 3.63) is 11.9 Å². The van der Waals surface area contributed by atoms with E-state index in [9.17, 15) is 4.79 Å². The van der Waals surface area contributed by atoms with Crippen LogP contribution in [0.5, 0.6) is 0 Å². The molecule has 1 amide bonds. The van der Waals surface area contributed by atoms with Gasteiger partial charge in [-0.2, -0.15) is 0 Å². The van der Waals surface area contributed by atoms with Crippen LogP contribution >= 0.6 is 0 Å². The van der Waals surface area contributed by atoms with E-state index in [1.165, 1.54) is 6.33 Å². The monoisotopic (exact) mass is 252 g/mol. The van der Waals surface area contributed by atoms with E-state index in [1.54, 1.807) is 0 Å². The highest BCUT2D eigenvalue weighted by Crippen LogP contribution is 2.18. The molecule has 0 aromatic carbocycles. The number of hydrogen-bond donors (Lipinski definition) is 4. The fraction of sp³-hybridized carbons (Fsp3) is 0.545. The quantitative estimate of drug-likeness (QED) is 0.427. The van der Waals surface area contributed by atoms with Crippen LogP contribution in [0.4, 0.5) is 11.6 Å². The molecule has 0 spiro atoms. The molecule has 0 aliphatic heterocycles. The number of amides is 1. The van der Waals surface area contributed by atoms with Crippen molar-refractivity contribution in [2.24, 2.45) is 5.84 Å². The van der Waals surface area contributed by atoms with E-state index >= 15 is 0 Å². The van der Waals surface area contributed by atoms with E-state index in [1.807, 2.05) is 20.8 Å². The Morgan fingerprint density at radius 1 is 1.39 bits per heavy atom. The third-order valence-electron chi connectivity index (χ3n) is 2.30. The molecule has 100 valence electrons. The van der Waals surface area contributed by atoms with Gasteiger partial charge in [-0.25, -0.2) is 15.8 Å². The summed E-state index contributed by atoms with van der Waals surface area (Å²) >= 11 is 0. The van der Waals surface area contributed by atoms with Crippen LogP contribution in [0.1, 0.15) is 26.3 Å². The van der Waals surface area contributed by atoms with E-state index < -0.39 is 0 Å². The summed E-state index contributed by atoms with van der Waals surface area (Å²) in [6, 6.07) is 0.122. The predicted molar refractivity (Wildman–Crippen MR) is 71.0 cm³/mol. The smallest absolute Gasteiger partial charge is 0.239 e. The Balaban J connectivity index is 2.70. The topological polar surface area (TPSA) is 105 Å². The fourth-order valence-electron chi connectivity index (χ4n) is 1.56. The minimum absolute atomic E-state index is 0.0760. The lowest BCUT2D eigenvalue weighted by Crippen LogP contribution is -2.35. The first-order valence-corrected chi connectivity index (χ1v) is 5.92. The molecule has 7 nitrogen and oxygen atoms in total. The van der Waals surface area contributed by atoms with Crippen molar-refractivity contribution in [3.63, 3.8) is 0 Å². The summed E-state index contributed by atoms with van der Waals surface area (Å²) in [6.07, 6.45) is 2.12. The Kier molecular flexibility index (Phi) is 5.31. The molecule has 1 aromatic heterocycles. The second-order valence-corrected chi connectivity index (χ2v) is 4.12. The third-order valence-corrected chi connectivity index (χ3v) is 2.30. The van der Waals surface area contributed by atoms with Gasteiger partial charge in [-0.15, -0.1) is 0 Å². The first kappa shape index (κ1) is 14.2. The van der Waals surface area contributed by atoms with Crippen molar-refractivity contribution in [1.29, 1.82) is 0 Å². The lowest BCUT2D eigenvalue weighted by atomic mass is 10.2. The van der Waals surface area contributed by atoms with Crippen LogP contribution in [0, 0.1) is 0 Å². The average molecular weight is 252 g/mol. The molecule has 1 heterocycles. The van der Waals surface area contributed by atoms with Gasteiger partial charge in [0.25, 0.3) is 0 Å². The summed E-state index contributed by atoms with van der Waals surface area (Å²) < 4.78 is 0. The number of aromatic nitrogens is 2. The lowest BCUT2D eigenvalue weighted by Gasteiger charge is -2.13. The Hall–Kier alpha value is -1.89. The van der Waals surface area contributed by atoms with E-state index in [2.05, 4.69) is 26.0 Å². The molecule has 0 bridgehead atoms. The zero-order valence-corrected chi connectivity index (χ0v) is 10.9. The number of anilines is 2. The standard InChI is InChI=1S/C11H20N6O/c1-4-8-10(14-6-15-11(8)17-12)13-5-9(18)16-7(2)3/h6-7H,4-5,12H2,1-3H3,(H,16,18)(H2,13,14,15,17). The molecule has 0 aliphatic rings. The van der Waals surface area contributed by atoms with Crippen molar-refractivity contribution in [2.75, 3.05) is 17.3 Å². The molecular formula is C11H20N6O. The summed E-state index contributed by atoms with van der Waals surface area (Å²) in [5.74, 6) is 6.49. The van der Waals surface area contributed by atoms with Gasteiger partial charge in [0.1, 0.15) is 18.0 Å². The number of carbonyl (C=O) groups is 1. The van der Waals surface area contributed by atoms with Gasteiger partial charge in [-0.05, 0) is 20.3 Å². The molecule has 5 N–H and O–H groups in total. The van der Waals surface area contributed by atoms with E-state index in [4.69, 9.17) is 5.84 Å². The van der Waals surface area contributed by atoms with Crippen LogP contribution in [0.3, 0.4) is 0 Å². The summed E-state index contributed by atoms with van der Waals surface area (Å²) in [5, 5.41) is 5.78. The van der Waals surface area contributed by atoms with Crippen molar-refractivity contribution in [3.8, 4) is 0 Å². The summed E-state index contributed by atoms with van der Waals surface area (Å²) in [6.45, 7) is 5.97. The molecule has 1 aromatic rings. The predicted octanol–water partition coefficient (Wildman–Crippen LogP) is 0.261. The fourth-order valence-corrected chi connectivity index (χ4v) is 1.56. The summed E-state index contributed by atoms with van der Waals surface area (Å²) in [7, 11) is 0. The molecular weight excluding hydrogens is 232 g/mol. The molecule has 0 atom stereocenters. The van der Waals surface area contributed by atoms with Gasteiger partial charge in [0, 0.05) is 11.6 Å². The van der Waals surface area contributed by atoms with Crippen LogP contribution in [-0.4, -0.2) is 28.5 Å². The highest BCUT2D eigenvalue weighted by molar-refractivity contribution is 5.81. The van der Waals surface area contributed by atoms with E-state index in [0.717, 1.165) is 5.56 Å². The van der Waals surface area contributed by atoms with Crippen molar-refractivity contribution in [1.82, 2.24) is 15.3 Å². The molecule has 18 heavy (non-hydrogen) atoms. The molecule has 0 saturated heterocycles. The van der Waals surface area contributed by atoms with Crippen LogP contribution in [0.15, 0.2) is 6.33 Å². The summed E-state index contributed by atoms with van der Waals surface area (Å²) in [5.41, 5.74) is 3.37. The Labute approximate surface area is 107 Å². The van der Waals surface area contributed by atoms with E-state index in [-0.39, 0.29) is 18.5 Å². The molecule has 0 saturated carbocycles. The Morgan fingerprint density at radius 3 is 2.61 bits per heavy atom. The number of carbonyl (C=O) groups excluding carboxylic acids is 1. The van der Waals surface area contributed by atoms with Gasteiger partial charge in [-0.3, -0.25) is 4.79 Å². The summed E-state index contributed by atoms with van der Waals surface area (Å²) in [4.78, 5) is 19.7. The highest BCUT2D eigenvalue weighted by atomic mass is 16.1. The number of nitrogen functional groups attached to an aromatic ring is 1. The first-order chi connectivity index (χ1) is 8.58. The third kappa shape index (κ3) is 3.85. The number of hydrogen-bond acceptors (Lipinski definition) is 6. The molecule has 0 aliphatic carbocycles. The molecule has 0 radical (unpaired) electrons. The van der Waals surface area contributed by atoms with Gasteiger partial charge in [0.05, 0.1) is 6.54 Å². The maximum absolute atomic E-state index is 11.5. The van der Waals surface area contributed by atoms with Gasteiger partial charge in [0.2, 0.25) is 5.91 Å². The minimum Gasteiger partial charge on any atom is -0.361 e. The second kappa shape index (κ2) is 6.75. The Bertz CT molecular complexity index is 407. The maximum Gasteiger partial charge on any atom is 0.239 e. The number of nitrogens with two attached hydrogens (primary N) is 1. The zero-order valence-electron chi connectivity index (χ0n) is 10.9.